The van der Waals surface area contributed by atoms with Crippen molar-refractivity contribution in [3.8, 4) is 5.69 Å². The van der Waals surface area contributed by atoms with E-state index in [-0.39, 0.29) is 23.5 Å². The summed E-state index contributed by atoms with van der Waals surface area (Å²) in [5.74, 6) is -0.227. The number of anilines is 1. The van der Waals surface area contributed by atoms with Gasteiger partial charge < -0.3 is 15.6 Å². The van der Waals surface area contributed by atoms with Gasteiger partial charge in [0.05, 0.1) is 12.4 Å². The number of imidazole rings is 1. The summed E-state index contributed by atoms with van der Waals surface area (Å²) >= 11 is 0. The van der Waals surface area contributed by atoms with Gasteiger partial charge in [-0.3, -0.25) is 4.79 Å². The van der Waals surface area contributed by atoms with Crippen molar-refractivity contribution in [2.45, 2.75) is 13.0 Å². The lowest BCUT2D eigenvalue weighted by Gasteiger charge is -2.15. The second-order valence-electron chi connectivity index (χ2n) is 5.05. The number of hydrogen-bond acceptors (Lipinski definition) is 5. The van der Waals surface area contributed by atoms with Crippen molar-refractivity contribution in [3.05, 3.63) is 66.6 Å². The molecule has 0 radical (unpaired) electrons. The zero-order valence-corrected chi connectivity index (χ0v) is 12.5. The molecule has 23 heavy (non-hydrogen) atoms. The average molecular weight is 308 g/mol. The van der Waals surface area contributed by atoms with Gasteiger partial charge in [-0.1, -0.05) is 12.1 Å². The number of hydrogen-bond donors (Lipinski definition) is 2. The summed E-state index contributed by atoms with van der Waals surface area (Å²) in [5, 5.41) is 2.87. The van der Waals surface area contributed by atoms with E-state index in [1.807, 2.05) is 42.0 Å². The number of benzene rings is 1. The highest BCUT2D eigenvalue weighted by Gasteiger charge is 2.15. The van der Waals surface area contributed by atoms with Gasteiger partial charge in [-0.25, -0.2) is 15.0 Å². The smallest absolute Gasteiger partial charge is 0.274 e. The third-order valence-electron chi connectivity index (χ3n) is 3.48. The summed E-state index contributed by atoms with van der Waals surface area (Å²) in [6.45, 7) is 1.90. The Balaban J connectivity index is 1.72. The Hall–Kier alpha value is -3.22. The molecule has 116 valence electrons. The van der Waals surface area contributed by atoms with Crippen molar-refractivity contribution in [3.63, 3.8) is 0 Å². The second kappa shape index (κ2) is 6.27. The minimum absolute atomic E-state index is 0.118. The van der Waals surface area contributed by atoms with Gasteiger partial charge in [-0.2, -0.15) is 0 Å². The average Bonchev–Trinajstić information content (AvgIpc) is 3.09. The van der Waals surface area contributed by atoms with Crippen molar-refractivity contribution in [1.82, 2.24) is 24.8 Å². The molecule has 0 spiro atoms. The van der Waals surface area contributed by atoms with E-state index in [4.69, 9.17) is 5.73 Å². The third-order valence-corrected chi connectivity index (χ3v) is 3.48. The molecular weight excluding hydrogens is 292 g/mol. The molecule has 0 aliphatic rings. The highest BCUT2D eigenvalue weighted by molar-refractivity contribution is 5.96. The van der Waals surface area contributed by atoms with Crippen molar-refractivity contribution in [2.24, 2.45) is 0 Å². The van der Waals surface area contributed by atoms with Crippen LogP contribution in [-0.4, -0.2) is 25.4 Å². The first-order valence-electron chi connectivity index (χ1n) is 7.11. The molecule has 0 aliphatic carbocycles. The number of nitrogens with zero attached hydrogens (tertiary/aromatic N) is 4. The fraction of sp³-hybridized carbons (Fsp3) is 0.125. The van der Waals surface area contributed by atoms with Gasteiger partial charge in [0.2, 0.25) is 0 Å². The van der Waals surface area contributed by atoms with Gasteiger partial charge in [0.15, 0.2) is 11.5 Å². The van der Waals surface area contributed by atoms with E-state index in [0.717, 1.165) is 11.3 Å². The molecule has 0 bridgehead atoms. The van der Waals surface area contributed by atoms with Crippen molar-refractivity contribution in [1.29, 1.82) is 0 Å². The van der Waals surface area contributed by atoms with E-state index in [9.17, 15) is 4.79 Å². The monoisotopic (exact) mass is 308 g/mol. The summed E-state index contributed by atoms with van der Waals surface area (Å²) in [6.07, 6.45) is 8.22. The number of nitrogen functional groups attached to an aromatic ring is 1. The lowest BCUT2D eigenvalue weighted by Crippen LogP contribution is -2.28. The van der Waals surface area contributed by atoms with Gasteiger partial charge in [-0.15, -0.1) is 0 Å². The van der Waals surface area contributed by atoms with Crippen LogP contribution in [0.25, 0.3) is 5.69 Å². The molecule has 2 heterocycles. The predicted molar refractivity (Wildman–Crippen MR) is 85.9 cm³/mol. The lowest BCUT2D eigenvalue weighted by molar-refractivity contribution is 0.0935. The first kappa shape index (κ1) is 14.7. The van der Waals surface area contributed by atoms with E-state index in [2.05, 4.69) is 20.3 Å². The van der Waals surface area contributed by atoms with Crippen LogP contribution in [0.2, 0.25) is 0 Å². The molecule has 1 atom stereocenters. The standard InChI is InChI=1S/C16H16N6O/c1-11(21-16(23)14-15(17)20-7-6-19-14)12-2-4-13(5-3-12)22-9-8-18-10-22/h2-11H,1H3,(H2,17,20)(H,21,23). The van der Waals surface area contributed by atoms with Crippen LogP contribution in [0, 0.1) is 0 Å². The van der Waals surface area contributed by atoms with Gasteiger partial charge in [0, 0.05) is 30.5 Å². The molecule has 7 nitrogen and oxygen atoms in total. The molecule has 1 unspecified atom stereocenters. The number of carbonyl (C=O) groups is 1. The summed E-state index contributed by atoms with van der Waals surface area (Å²) in [7, 11) is 0. The molecule has 3 N–H and O–H groups in total. The van der Waals surface area contributed by atoms with Gasteiger partial charge in [0.25, 0.3) is 5.91 Å². The zero-order valence-electron chi connectivity index (χ0n) is 12.5. The van der Waals surface area contributed by atoms with Crippen LogP contribution < -0.4 is 11.1 Å². The van der Waals surface area contributed by atoms with E-state index in [1.54, 1.807) is 12.5 Å². The number of rotatable bonds is 4. The summed E-state index contributed by atoms with van der Waals surface area (Å²) in [6, 6.07) is 7.67. The number of nitrogens with two attached hydrogens (primary N) is 1. The van der Waals surface area contributed by atoms with Crippen LogP contribution in [0.5, 0.6) is 0 Å². The Kier molecular flexibility index (Phi) is 4.01. The molecular formula is C16H16N6O. The molecule has 0 fully saturated rings. The van der Waals surface area contributed by atoms with Crippen LogP contribution in [0.15, 0.2) is 55.4 Å². The quantitative estimate of drug-likeness (QED) is 0.765. The van der Waals surface area contributed by atoms with Crippen molar-refractivity contribution >= 4 is 11.7 Å². The molecule has 1 amide bonds. The summed E-state index contributed by atoms with van der Waals surface area (Å²) < 4.78 is 1.91. The third kappa shape index (κ3) is 3.18. The van der Waals surface area contributed by atoms with Crippen LogP contribution in [0.4, 0.5) is 5.82 Å². The molecule has 3 rings (SSSR count). The normalized spacial score (nSPS) is 11.9. The predicted octanol–water partition coefficient (Wildman–Crippen LogP) is 1.74. The van der Waals surface area contributed by atoms with Gasteiger partial charge >= 0.3 is 0 Å². The molecule has 0 aliphatic heterocycles. The Morgan fingerprint density at radius 3 is 2.57 bits per heavy atom. The molecule has 0 saturated carbocycles. The SMILES string of the molecule is CC(NC(=O)c1nccnc1N)c1ccc(-n2ccnc2)cc1. The number of nitrogens with one attached hydrogen (secondary N) is 1. The Morgan fingerprint density at radius 2 is 1.91 bits per heavy atom. The van der Waals surface area contributed by atoms with Gasteiger partial charge in [0.1, 0.15) is 0 Å². The minimum atomic E-state index is -0.346. The summed E-state index contributed by atoms with van der Waals surface area (Å²) in [5.41, 5.74) is 7.78. The fourth-order valence-corrected chi connectivity index (χ4v) is 2.22. The topological polar surface area (TPSA) is 98.7 Å². The van der Waals surface area contributed by atoms with Crippen molar-refractivity contribution in [2.75, 3.05) is 5.73 Å². The van der Waals surface area contributed by atoms with Gasteiger partial charge in [-0.05, 0) is 24.6 Å². The maximum atomic E-state index is 12.2. The van der Waals surface area contributed by atoms with E-state index in [1.165, 1.54) is 12.4 Å². The Bertz CT molecular complexity index is 798. The molecule has 7 heteroatoms. The minimum Gasteiger partial charge on any atom is -0.382 e. The molecule has 0 saturated heterocycles. The first-order valence-corrected chi connectivity index (χ1v) is 7.11. The zero-order chi connectivity index (χ0) is 16.2. The Labute approximate surface area is 133 Å². The van der Waals surface area contributed by atoms with E-state index < -0.39 is 0 Å². The first-order chi connectivity index (χ1) is 11.1. The van der Waals surface area contributed by atoms with E-state index in [0.29, 0.717) is 0 Å². The van der Waals surface area contributed by atoms with Crippen LogP contribution >= 0.6 is 0 Å². The lowest BCUT2D eigenvalue weighted by atomic mass is 10.1. The second-order valence-corrected chi connectivity index (χ2v) is 5.05. The number of aromatic nitrogens is 4. The molecule has 3 aromatic rings. The van der Waals surface area contributed by atoms with E-state index >= 15 is 0 Å². The van der Waals surface area contributed by atoms with Crippen LogP contribution in [0.1, 0.15) is 29.0 Å². The molecule has 2 aromatic heterocycles. The maximum absolute atomic E-state index is 12.2. The highest BCUT2D eigenvalue weighted by atomic mass is 16.2. The van der Waals surface area contributed by atoms with Crippen LogP contribution in [-0.2, 0) is 0 Å². The number of amides is 1. The van der Waals surface area contributed by atoms with Crippen molar-refractivity contribution < 1.29 is 4.79 Å². The number of carbonyl (C=O) groups excluding carboxylic acids is 1. The van der Waals surface area contributed by atoms with Crippen LogP contribution in [0.3, 0.4) is 0 Å². The highest BCUT2D eigenvalue weighted by Crippen LogP contribution is 2.16. The fourth-order valence-electron chi connectivity index (χ4n) is 2.22. The Morgan fingerprint density at radius 1 is 1.17 bits per heavy atom. The largest absolute Gasteiger partial charge is 0.382 e. The summed E-state index contributed by atoms with van der Waals surface area (Å²) in [4.78, 5) is 24.0. The molecule has 1 aromatic carbocycles. The maximum Gasteiger partial charge on any atom is 0.274 e.